The zero-order valence-electron chi connectivity index (χ0n) is 10.3. The summed E-state index contributed by atoms with van der Waals surface area (Å²) in [6.45, 7) is 3.90. The van der Waals surface area contributed by atoms with Gasteiger partial charge in [-0.05, 0) is 31.0 Å². The van der Waals surface area contributed by atoms with E-state index in [1.807, 2.05) is 32.0 Å². The van der Waals surface area contributed by atoms with Gasteiger partial charge in [-0.2, -0.15) is 0 Å². The van der Waals surface area contributed by atoms with E-state index in [-0.39, 0.29) is 0 Å². The first-order valence-corrected chi connectivity index (χ1v) is 6.96. The average molecular weight is 326 g/mol. The largest absolute Gasteiger partial charge is 0.464 e. The minimum atomic E-state index is -0.397. The first-order valence-electron chi connectivity index (χ1n) is 5.35. The number of ether oxygens (including phenoxy) is 1. The Labute approximate surface area is 118 Å². The summed E-state index contributed by atoms with van der Waals surface area (Å²) in [5.74, 6) is -0.397. The highest BCUT2D eigenvalue weighted by atomic mass is 79.9. The number of esters is 1. The van der Waals surface area contributed by atoms with E-state index < -0.39 is 5.97 Å². The normalized spacial score (nSPS) is 10.4. The molecule has 0 bridgehead atoms. The third-order valence-corrected chi connectivity index (χ3v) is 4.42. The number of carbonyl (C=O) groups is 1. The second-order valence-corrected chi connectivity index (χ2v) is 5.92. The van der Waals surface area contributed by atoms with E-state index in [0.717, 1.165) is 25.5 Å². The van der Waals surface area contributed by atoms with Crippen LogP contribution in [0.4, 0.5) is 0 Å². The molecule has 5 heteroatoms. The van der Waals surface area contributed by atoms with E-state index in [0.29, 0.717) is 5.69 Å². The molecule has 0 spiro atoms. The van der Waals surface area contributed by atoms with Gasteiger partial charge in [0, 0.05) is 4.47 Å². The second kappa shape index (κ2) is 5.20. The SMILES string of the molecule is COC(=O)c1nc(C)sc1-c1ccc(C)c(Br)c1. The summed E-state index contributed by atoms with van der Waals surface area (Å²) < 4.78 is 5.77. The van der Waals surface area contributed by atoms with Crippen LogP contribution < -0.4 is 0 Å². The van der Waals surface area contributed by atoms with Gasteiger partial charge in [0.1, 0.15) is 0 Å². The summed E-state index contributed by atoms with van der Waals surface area (Å²) in [5, 5.41) is 0.849. The van der Waals surface area contributed by atoms with E-state index >= 15 is 0 Å². The number of nitrogens with zero attached hydrogens (tertiary/aromatic N) is 1. The predicted molar refractivity (Wildman–Crippen MR) is 76.1 cm³/mol. The highest BCUT2D eigenvalue weighted by Crippen LogP contribution is 2.33. The summed E-state index contributed by atoms with van der Waals surface area (Å²) in [6, 6.07) is 5.99. The first-order chi connectivity index (χ1) is 8.52. The highest BCUT2D eigenvalue weighted by Gasteiger charge is 2.19. The third kappa shape index (κ3) is 2.47. The molecular formula is C13H12BrNO2S. The van der Waals surface area contributed by atoms with Crippen LogP contribution in [0.2, 0.25) is 0 Å². The Hall–Kier alpha value is -1.20. The van der Waals surface area contributed by atoms with Crippen molar-refractivity contribution in [3.8, 4) is 10.4 Å². The van der Waals surface area contributed by atoms with E-state index in [2.05, 4.69) is 20.9 Å². The topological polar surface area (TPSA) is 39.2 Å². The standard InChI is InChI=1S/C13H12BrNO2S/c1-7-4-5-9(6-10(7)14)12-11(13(16)17-3)15-8(2)18-12/h4-6H,1-3H3. The molecule has 0 atom stereocenters. The van der Waals surface area contributed by atoms with Gasteiger partial charge >= 0.3 is 5.97 Å². The zero-order chi connectivity index (χ0) is 13.3. The van der Waals surface area contributed by atoms with Crippen molar-refractivity contribution in [2.45, 2.75) is 13.8 Å². The molecule has 0 amide bonds. The predicted octanol–water partition coefficient (Wildman–Crippen LogP) is 3.98. The van der Waals surface area contributed by atoms with Crippen LogP contribution in [0.25, 0.3) is 10.4 Å². The number of benzene rings is 1. The molecule has 0 saturated heterocycles. The van der Waals surface area contributed by atoms with Crippen LogP contribution in [0.5, 0.6) is 0 Å². The lowest BCUT2D eigenvalue weighted by Gasteiger charge is -2.03. The molecule has 0 N–H and O–H groups in total. The molecule has 2 aromatic rings. The number of carbonyl (C=O) groups excluding carboxylic acids is 1. The number of methoxy groups -OCH3 is 1. The van der Waals surface area contributed by atoms with Crippen molar-refractivity contribution in [2.75, 3.05) is 7.11 Å². The molecule has 1 aromatic heterocycles. The van der Waals surface area contributed by atoms with E-state index in [1.165, 1.54) is 18.4 Å². The molecule has 2 rings (SSSR count). The molecule has 0 saturated carbocycles. The lowest BCUT2D eigenvalue weighted by Crippen LogP contribution is -2.03. The van der Waals surface area contributed by atoms with Crippen LogP contribution in [-0.4, -0.2) is 18.1 Å². The van der Waals surface area contributed by atoms with Crippen LogP contribution >= 0.6 is 27.3 Å². The van der Waals surface area contributed by atoms with Crippen LogP contribution in [0.3, 0.4) is 0 Å². The fourth-order valence-corrected chi connectivity index (χ4v) is 2.87. The molecular weight excluding hydrogens is 314 g/mol. The van der Waals surface area contributed by atoms with Gasteiger partial charge in [-0.15, -0.1) is 11.3 Å². The van der Waals surface area contributed by atoms with Gasteiger partial charge in [0.2, 0.25) is 0 Å². The monoisotopic (exact) mass is 325 g/mol. The van der Waals surface area contributed by atoms with E-state index in [1.54, 1.807) is 0 Å². The van der Waals surface area contributed by atoms with Crippen LogP contribution in [0.15, 0.2) is 22.7 Å². The Balaban J connectivity index is 2.56. The van der Waals surface area contributed by atoms with E-state index in [4.69, 9.17) is 4.74 Å². The van der Waals surface area contributed by atoms with Gasteiger partial charge in [0.05, 0.1) is 17.0 Å². The number of thiazole rings is 1. The maximum atomic E-state index is 11.7. The minimum Gasteiger partial charge on any atom is -0.464 e. The van der Waals surface area contributed by atoms with Crippen LogP contribution in [0.1, 0.15) is 21.1 Å². The average Bonchev–Trinajstić information content (AvgIpc) is 2.74. The second-order valence-electron chi connectivity index (χ2n) is 3.87. The number of aromatic nitrogens is 1. The molecule has 94 valence electrons. The number of halogens is 1. The van der Waals surface area contributed by atoms with Crippen LogP contribution in [-0.2, 0) is 4.74 Å². The lowest BCUT2D eigenvalue weighted by molar-refractivity contribution is 0.0595. The molecule has 0 unspecified atom stereocenters. The fraction of sp³-hybridized carbons (Fsp3) is 0.231. The highest BCUT2D eigenvalue weighted by molar-refractivity contribution is 9.10. The molecule has 0 fully saturated rings. The summed E-state index contributed by atoms with van der Waals surface area (Å²) in [6.07, 6.45) is 0. The molecule has 1 aromatic carbocycles. The Morgan fingerprint density at radius 2 is 2.11 bits per heavy atom. The summed E-state index contributed by atoms with van der Waals surface area (Å²) in [5.41, 5.74) is 2.51. The number of hydrogen-bond donors (Lipinski definition) is 0. The molecule has 0 radical (unpaired) electrons. The summed E-state index contributed by atoms with van der Waals surface area (Å²) in [4.78, 5) is 16.8. The maximum Gasteiger partial charge on any atom is 0.358 e. The number of aryl methyl sites for hydroxylation is 2. The van der Waals surface area contributed by atoms with Crippen molar-refractivity contribution < 1.29 is 9.53 Å². The van der Waals surface area contributed by atoms with Gasteiger partial charge in [0.25, 0.3) is 0 Å². The van der Waals surface area contributed by atoms with Crippen molar-refractivity contribution in [3.63, 3.8) is 0 Å². The first kappa shape index (κ1) is 13.2. The van der Waals surface area contributed by atoms with Gasteiger partial charge in [-0.25, -0.2) is 9.78 Å². The fourth-order valence-electron chi connectivity index (χ4n) is 1.59. The molecule has 18 heavy (non-hydrogen) atoms. The van der Waals surface area contributed by atoms with E-state index in [9.17, 15) is 4.79 Å². The summed E-state index contributed by atoms with van der Waals surface area (Å²) >= 11 is 4.99. The Kier molecular flexibility index (Phi) is 3.82. The van der Waals surface area contributed by atoms with Gasteiger partial charge in [0.15, 0.2) is 5.69 Å². The number of rotatable bonds is 2. The summed E-state index contributed by atoms with van der Waals surface area (Å²) in [7, 11) is 1.37. The smallest absolute Gasteiger partial charge is 0.358 e. The molecule has 0 aliphatic heterocycles. The van der Waals surface area contributed by atoms with Gasteiger partial charge < -0.3 is 4.74 Å². The molecule has 1 heterocycles. The van der Waals surface area contributed by atoms with Crippen molar-refractivity contribution >= 4 is 33.2 Å². The number of hydrogen-bond acceptors (Lipinski definition) is 4. The Morgan fingerprint density at radius 1 is 1.39 bits per heavy atom. The van der Waals surface area contributed by atoms with Gasteiger partial charge in [-0.1, -0.05) is 28.1 Å². The van der Waals surface area contributed by atoms with Crippen LogP contribution in [0, 0.1) is 13.8 Å². The van der Waals surface area contributed by atoms with Crippen molar-refractivity contribution in [1.82, 2.24) is 4.98 Å². The van der Waals surface area contributed by atoms with Crippen molar-refractivity contribution in [2.24, 2.45) is 0 Å². The third-order valence-electron chi connectivity index (χ3n) is 2.55. The molecule has 3 nitrogen and oxygen atoms in total. The van der Waals surface area contributed by atoms with Crippen molar-refractivity contribution in [3.05, 3.63) is 38.9 Å². The lowest BCUT2D eigenvalue weighted by atomic mass is 10.1. The minimum absolute atomic E-state index is 0.385. The molecule has 0 aliphatic rings. The van der Waals surface area contributed by atoms with Gasteiger partial charge in [-0.3, -0.25) is 0 Å². The Morgan fingerprint density at radius 3 is 2.72 bits per heavy atom. The quantitative estimate of drug-likeness (QED) is 0.784. The van der Waals surface area contributed by atoms with Crippen molar-refractivity contribution in [1.29, 1.82) is 0 Å². The molecule has 0 aliphatic carbocycles. The maximum absolute atomic E-state index is 11.7. The Bertz CT molecular complexity index is 607. The zero-order valence-corrected chi connectivity index (χ0v) is 12.7.